The third kappa shape index (κ3) is 58.3. The Balaban J connectivity index is 4.37. The fourth-order valence-electron chi connectivity index (χ4n) is 7.71. The number of rotatable bonds is 52. The van der Waals surface area contributed by atoms with Crippen LogP contribution in [-0.4, -0.2) is 37.2 Å². The summed E-state index contributed by atoms with van der Waals surface area (Å²) in [5.74, 6) is -0.939. The Morgan fingerprint density at radius 1 is 0.288 bits per heavy atom. The average Bonchev–Trinajstić information content (AvgIpc) is 3.39. The van der Waals surface area contributed by atoms with Crippen molar-refractivity contribution in [1.29, 1.82) is 0 Å². The second kappa shape index (κ2) is 60.1. The van der Waals surface area contributed by atoms with Crippen molar-refractivity contribution in [3.05, 3.63) is 134 Å². The maximum Gasteiger partial charge on any atom is 0.306 e. The molecule has 0 rings (SSSR count). The molecule has 0 bridgehead atoms. The predicted octanol–water partition coefficient (Wildman–Crippen LogP) is 20.2. The summed E-state index contributed by atoms with van der Waals surface area (Å²) in [6.45, 7) is 6.34. The van der Waals surface area contributed by atoms with Crippen molar-refractivity contribution >= 4 is 17.9 Å². The van der Waals surface area contributed by atoms with Crippen LogP contribution >= 0.6 is 0 Å². The fourth-order valence-corrected chi connectivity index (χ4v) is 7.71. The van der Waals surface area contributed by atoms with Gasteiger partial charge in [-0.05, 0) is 128 Å². The van der Waals surface area contributed by atoms with Gasteiger partial charge in [-0.1, -0.05) is 238 Å². The molecule has 0 radical (unpaired) electrons. The van der Waals surface area contributed by atoms with Gasteiger partial charge in [0.1, 0.15) is 13.2 Å². The molecule has 0 aliphatic rings. The zero-order valence-corrected chi connectivity index (χ0v) is 47.1. The zero-order valence-electron chi connectivity index (χ0n) is 47.1. The van der Waals surface area contributed by atoms with Gasteiger partial charge in [-0.25, -0.2) is 0 Å². The average molecular weight is 1010 g/mol. The molecule has 0 aromatic heterocycles. The van der Waals surface area contributed by atoms with Crippen LogP contribution in [0.2, 0.25) is 0 Å². The highest BCUT2D eigenvalue weighted by molar-refractivity contribution is 5.71. The minimum Gasteiger partial charge on any atom is -0.462 e. The summed E-state index contributed by atoms with van der Waals surface area (Å²) in [6, 6.07) is 0. The number of carbonyl (C=O) groups excluding carboxylic acids is 3. The molecule has 1 atom stereocenters. The highest BCUT2D eigenvalue weighted by Gasteiger charge is 2.19. The number of unbranched alkanes of at least 4 members (excludes halogenated alkanes) is 19. The summed E-state index contributed by atoms with van der Waals surface area (Å²) in [5, 5.41) is 0. The first-order valence-electron chi connectivity index (χ1n) is 29.7. The minimum absolute atomic E-state index is 0.0966. The molecule has 0 saturated carbocycles. The van der Waals surface area contributed by atoms with Crippen molar-refractivity contribution in [2.24, 2.45) is 0 Å². The Morgan fingerprint density at radius 2 is 0.534 bits per heavy atom. The van der Waals surface area contributed by atoms with Gasteiger partial charge in [0.15, 0.2) is 6.10 Å². The van der Waals surface area contributed by atoms with Crippen LogP contribution in [0.5, 0.6) is 0 Å². The van der Waals surface area contributed by atoms with Gasteiger partial charge in [-0.15, -0.1) is 0 Å². The Labute approximate surface area is 449 Å². The number of hydrogen-bond donors (Lipinski definition) is 0. The Morgan fingerprint density at radius 3 is 0.849 bits per heavy atom. The number of carbonyl (C=O) groups is 3. The van der Waals surface area contributed by atoms with Crippen LogP contribution in [0.1, 0.15) is 252 Å². The van der Waals surface area contributed by atoms with Gasteiger partial charge in [-0.2, -0.15) is 0 Å². The lowest BCUT2D eigenvalue weighted by molar-refractivity contribution is -0.167. The van der Waals surface area contributed by atoms with Crippen molar-refractivity contribution in [1.82, 2.24) is 0 Å². The van der Waals surface area contributed by atoms with E-state index in [2.05, 4.69) is 154 Å². The SMILES string of the molecule is CC/C=C\C/C=C\C/C=C\C/C=C\C/C=C\C/C=C\C/C=C\CCCCCCCC(=O)OCC(COC(=O)CCCCCCC/C=C\CCCC)OC(=O)CCCCCCCCC/C=C\C/C=C\C/C=C\CC. The molecule has 73 heavy (non-hydrogen) atoms. The molecular weight excluding hydrogens is 901 g/mol. The summed E-state index contributed by atoms with van der Waals surface area (Å²) in [4.78, 5) is 38.2. The maximum absolute atomic E-state index is 12.9. The number of esters is 3. The van der Waals surface area contributed by atoms with Crippen LogP contribution in [-0.2, 0) is 28.6 Å². The van der Waals surface area contributed by atoms with Gasteiger partial charge in [0.2, 0.25) is 0 Å². The van der Waals surface area contributed by atoms with Crippen LogP contribution in [0.25, 0.3) is 0 Å². The van der Waals surface area contributed by atoms with Crippen molar-refractivity contribution < 1.29 is 28.6 Å². The van der Waals surface area contributed by atoms with Crippen molar-refractivity contribution in [2.45, 2.75) is 258 Å². The second-order valence-electron chi connectivity index (χ2n) is 19.1. The van der Waals surface area contributed by atoms with E-state index in [9.17, 15) is 14.4 Å². The molecule has 0 N–H and O–H groups in total. The van der Waals surface area contributed by atoms with Crippen molar-refractivity contribution in [3.8, 4) is 0 Å². The number of ether oxygens (including phenoxy) is 3. The van der Waals surface area contributed by atoms with E-state index >= 15 is 0 Å². The lowest BCUT2D eigenvalue weighted by Gasteiger charge is -2.18. The summed E-state index contributed by atoms with van der Waals surface area (Å²) < 4.78 is 16.8. The Hall–Kier alpha value is -4.45. The first-order chi connectivity index (χ1) is 36.0. The van der Waals surface area contributed by atoms with Gasteiger partial charge >= 0.3 is 17.9 Å². The summed E-state index contributed by atoms with van der Waals surface area (Å²) in [7, 11) is 0. The normalized spacial score (nSPS) is 13.1. The summed E-state index contributed by atoms with van der Waals surface area (Å²) in [6.07, 6.45) is 84.5. The molecule has 0 heterocycles. The molecule has 0 aromatic rings. The molecule has 0 saturated heterocycles. The molecule has 1 unspecified atom stereocenters. The summed E-state index contributed by atoms with van der Waals surface area (Å²) >= 11 is 0. The molecule has 0 amide bonds. The van der Waals surface area contributed by atoms with Crippen LogP contribution in [0.4, 0.5) is 0 Å². The Bertz CT molecular complexity index is 1580. The smallest absolute Gasteiger partial charge is 0.306 e. The highest BCUT2D eigenvalue weighted by atomic mass is 16.6. The summed E-state index contributed by atoms with van der Waals surface area (Å²) in [5.41, 5.74) is 0. The topological polar surface area (TPSA) is 78.9 Å². The molecule has 0 aliphatic heterocycles. The maximum atomic E-state index is 12.9. The van der Waals surface area contributed by atoms with Gasteiger partial charge in [0.05, 0.1) is 0 Å². The predicted molar refractivity (Wildman–Crippen MR) is 316 cm³/mol. The van der Waals surface area contributed by atoms with Gasteiger partial charge < -0.3 is 14.2 Å². The second-order valence-corrected chi connectivity index (χ2v) is 19.1. The van der Waals surface area contributed by atoms with E-state index in [0.29, 0.717) is 19.3 Å². The van der Waals surface area contributed by atoms with Crippen molar-refractivity contribution in [2.75, 3.05) is 13.2 Å². The molecule has 0 aliphatic carbocycles. The first kappa shape index (κ1) is 68.6. The third-order valence-corrected chi connectivity index (χ3v) is 12.1. The van der Waals surface area contributed by atoms with E-state index in [1.165, 1.54) is 51.4 Å². The van der Waals surface area contributed by atoms with Gasteiger partial charge in [-0.3, -0.25) is 14.4 Å². The lowest BCUT2D eigenvalue weighted by Crippen LogP contribution is -2.30. The Kier molecular flexibility index (Phi) is 56.4. The van der Waals surface area contributed by atoms with Crippen molar-refractivity contribution in [3.63, 3.8) is 0 Å². The molecule has 0 aromatic carbocycles. The minimum atomic E-state index is -0.800. The molecular formula is C67H108O6. The molecule has 0 spiro atoms. The lowest BCUT2D eigenvalue weighted by atomic mass is 10.1. The fraction of sp³-hybridized carbons (Fsp3) is 0.627. The quantitative estimate of drug-likeness (QED) is 0.0261. The standard InChI is InChI=1S/C67H108O6/c1-4-7-10-13-16-19-22-24-26-28-29-30-31-32-33-34-35-36-37-39-40-42-45-48-51-54-57-60-66(69)72-63-64(62-71-65(68)59-56-53-50-47-44-21-18-15-12-9-6-3)73-67(70)61-58-55-52-49-46-43-41-38-27-25-23-20-17-14-11-8-5-2/h7-8,10-11,15-20,24-27,29-30,32-33,35-36,39-40,64H,4-6,9,12-14,21-23,28,31,34,37-38,41-63H2,1-3H3/b10-7-,11-8-,18-15-,19-16-,20-17-,26-24-,27-25-,30-29-,33-32-,36-35-,40-39-. The van der Waals surface area contributed by atoms with Crippen LogP contribution < -0.4 is 0 Å². The number of hydrogen-bond acceptors (Lipinski definition) is 6. The monoisotopic (exact) mass is 1010 g/mol. The van der Waals surface area contributed by atoms with E-state index in [0.717, 1.165) is 161 Å². The van der Waals surface area contributed by atoms with E-state index < -0.39 is 6.10 Å². The van der Waals surface area contributed by atoms with Crippen LogP contribution in [0.3, 0.4) is 0 Å². The number of allylic oxidation sites excluding steroid dienone is 22. The van der Waals surface area contributed by atoms with Gasteiger partial charge in [0, 0.05) is 19.3 Å². The molecule has 0 fully saturated rings. The first-order valence-corrected chi connectivity index (χ1v) is 29.7. The van der Waals surface area contributed by atoms with E-state index in [1.54, 1.807) is 0 Å². The highest BCUT2D eigenvalue weighted by Crippen LogP contribution is 2.14. The van der Waals surface area contributed by atoms with Crippen LogP contribution in [0, 0.1) is 0 Å². The molecule has 6 heteroatoms. The largest absolute Gasteiger partial charge is 0.462 e. The van der Waals surface area contributed by atoms with E-state index in [4.69, 9.17) is 14.2 Å². The van der Waals surface area contributed by atoms with E-state index in [1.807, 2.05) is 0 Å². The zero-order chi connectivity index (χ0) is 52.9. The van der Waals surface area contributed by atoms with Crippen LogP contribution in [0.15, 0.2) is 134 Å². The molecule has 6 nitrogen and oxygen atoms in total. The van der Waals surface area contributed by atoms with Gasteiger partial charge in [0.25, 0.3) is 0 Å². The van der Waals surface area contributed by atoms with E-state index in [-0.39, 0.29) is 31.1 Å². The third-order valence-electron chi connectivity index (χ3n) is 12.1. The molecule has 412 valence electrons.